The fourth-order valence-electron chi connectivity index (χ4n) is 4.27. The molecule has 12 nitrogen and oxygen atoms in total. The minimum Gasteiger partial charge on any atom is -0.495 e. The lowest BCUT2D eigenvalue weighted by molar-refractivity contribution is -0.384. The molecule has 2 aromatic carbocycles. The molecule has 1 aliphatic rings. The van der Waals surface area contributed by atoms with Crippen LogP contribution in [0.25, 0.3) is 22.6 Å². The fraction of sp³-hybridized carbons (Fsp3) is 0.222. The van der Waals surface area contributed by atoms with E-state index in [1.165, 1.54) is 32.4 Å². The smallest absolute Gasteiger partial charge is 0.284 e. The SMILES string of the molecule is COc1cc(OC)c(Cl)c(Nc2ncccc2-c2cc(N)nc(-c3ccc(OC4CCOC4)cc3[N+](=O)[O-])n2)c1Cl. The van der Waals surface area contributed by atoms with Crippen molar-refractivity contribution in [2.45, 2.75) is 12.5 Å². The van der Waals surface area contributed by atoms with Crippen LogP contribution in [0.5, 0.6) is 17.2 Å². The first-order chi connectivity index (χ1) is 19.8. The Morgan fingerprint density at radius 3 is 2.49 bits per heavy atom. The third kappa shape index (κ3) is 5.89. The maximum absolute atomic E-state index is 12.0. The summed E-state index contributed by atoms with van der Waals surface area (Å²) in [7, 11) is 2.94. The normalized spacial score (nSPS) is 14.5. The number of benzene rings is 2. The minimum atomic E-state index is -0.517. The molecule has 0 aliphatic carbocycles. The predicted molar refractivity (Wildman–Crippen MR) is 154 cm³/mol. The molecular formula is C27H24Cl2N6O6. The van der Waals surface area contributed by atoms with Gasteiger partial charge in [0, 0.05) is 30.3 Å². The number of aromatic nitrogens is 3. The predicted octanol–water partition coefficient (Wildman–Crippen LogP) is 5.93. The number of nitrogens with one attached hydrogen (secondary N) is 1. The van der Waals surface area contributed by atoms with Crippen molar-refractivity contribution in [3.8, 4) is 39.9 Å². The molecule has 0 radical (unpaired) electrons. The molecular weight excluding hydrogens is 575 g/mol. The Balaban J connectivity index is 1.55. The number of nitrogens with two attached hydrogens (primary N) is 1. The van der Waals surface area contributed by atoms with Crippen LogP contribution in [-0.4, -0.2) is 53.4 Å². The van der Waals surface area contributed by atoms with Crippen LogP contribution in [0.3, 0.4) is 0 Å². The van der Waals surface area contributed by atoms with Crippen LogP contribution < -0.4 is 25.3 Å². The van der Waals surface area contributed by atoms with Crippen LogP contribution in [0, 0.1) is 10.1 Å². The second kappa shape index (κ2) is 12.0. The summed E-state index contributed by atoms with van der Waals surface area (Å²) in [6.45, 7) is 1.01. The first kappa shape index (κ1) is 28.1. The number of methoxy groups -OCH3 is 2. The van der Waals surface area contributed by atoms with Gasteiger partial charge in [0.1, 0.15) is 45.0 Å². The standard InChI is InChI=1S/C27H24Cl2N6O6/c1-38-20-12-21(39-2)24(29)25(23(20)28)34-26-16(4-3-8-31-26)18-11-22(30)33-27(32-18)17-6-5-14(10-19(17)35(36)37)41-15-7-9-40-13-15/h3-6,8,10-12,15H,7,9,13H2,1-2H3,(H,31,34)(H2,30,32,33). The highest BCUT2D eigenvalue weighted by molar-refractivity contribution is 6.41. The van der Waals surface area contributed by atoms with E-state index in [-0.39, 0.29) is 39.0 Å². The number of anilines is 3. The number of pyridine rings is 1. The zero-order valence-corrected chi connectivity index (χ0v) is 23.4. The van der Waals surface area contributed by atoms with Crippen LogP contribution in [0.15, 0.2) is 48.7 Å². The lowest BCUT2D eigenvalue weighted by atomic mass is 10.1. The highest BCUT2D eigenvalue weighted by Crippen LogP contribution is 2.46. The van der Waals surface area contributed by atoms with Crippen LogP contribution >= 0.6 is 23.2 Å². The number of rotatable bonds is 9. The molecule has 4 aromatic rings. The zero-order chi connectivity index (χ0) is 29.1. The molecule has 0 spiro atoms. The van der Waals surface area contributed by atoms with Gasteiger partial charge < -0.3 is 30.0 Å². The van der Waals surface area contributed by atoms with E-state index in [1.54, 1.807) is 30.5 Å². The Hall–Kier alpha value is -4.39. The van der Waals surface area contributed by atoms with E-state index in [2.05, 4.69) is 20.3 Å². The van der Waals surface area contributed by atoms with Crippen molar-refractivity contribution in [2.75, 3.05) is 38.5 Å². The van der Waals surface area contributed by atoms with Gasteiger partial charge in [-0.05, 0) is 24.3 Å². The Bertz CT molecular complexity index is 1590. The Morgan fingerprint density at radius 1 is 1.07 bits per heavy atom. The van der Waals surface area contributed by atoms with Crippen LogP contribution in [0.1, 0.15) is 6.42 Å². The molecule has 0 bridgehead atoms. The molecule has 1 fully saturated rings. The van der Waals surface area contributed by atoms with Crippen molar-refractivity contribution < 1.29 is 23.9 Å². The number of hydrogen-bond donors (Lipinski definition) is 2. The largest absolute Gasteiger partial charge is 0.495 e. The molecule has 0 amide bonds. The molecule has 1 unspecified atom stereocenters. The van der Waals surface area contributed by atoms with Gasteiger partial charge in [0.2, 0.25) is 0 Å². The van der Waals surface area contributed by atoms with Crippen molar-refractivity contribution in [1.82, 2.24) is 15.0 Å². The van der Waals surface area contributed by atoms with E-state index in [0.717, 1.165) is 0 Å². The van der Waals surface area contributed by atoms with Crippen molar-refractivity contribution >= 4 is 46.2 Å². The van der Waals surface area contributed by atoms with Crippen LogP contribution in [-0.2, 0) is 4.74 Å². The molecule has 1 saturated heterocycles. The second-order valence-electron chi connectivity index (χ2n) is 8.85. The van der Waals surface area contributed by atoms with Gasteiger partial charge in [0.15, 0.2) is 5.82 Å². The van der Waals surface area contributed by atoms with Gasteiger partial charge in [-0.2, -0.15) is 0 Å². The number of nitrogens with zero attached hydrogens (tertiary/aromatic N) is 4. The Morgan fingerprint density at radius 2 is 1.83 bits per heavy atom. The number of ether oxygens (including phenoxy) is 4. The summed E-state index contributed by atoms with van der Waals surface area (Å²) in [6.07, 6.45) is 2.10. The van der Waals surface area contributed by atoms with Crippen molar-refractivity contribution in [1.29, 1.82) is 0 Å². The third-order valence-electron chi connectivity index (χ3n) is 6.24. The topological polar surface area (TPSA) is 157 Å². The Labute approximate surface area is 244 Å². The third-order valence-corrected chi connectivity index (χ3v) is 6.99. The summed E-state index contributed by atoms with van der Waals surface area (Å²) in [5, 5.41) is 15.6. The first-order valence-corrected chi connectivity index (χ1v) is 13.0. The summed E-state index contributed by atoms with van der Waals surface area (Å²) in [5.41, 5.74) is 7.23. The van der Waals surface area contributed by atoms with Gasteiger partial charge in [0.25, 0.3) is 5.69 Å². The van der Waals surface area contributed by atoms with Crippen molar-refractivity contribution in [3.63, 3.8) is 0 Å². The van der Waals surface area contributed by atoms with Crippen LogP contribution in [0.4, 0.5) is 23.0 Å². The molecule has 0 saturated carbocycles. The van der Waals surface area contributed by atoms with E-state index in [1.807, 2.05) is 0 Å². The molecule has 212 valence electrons. The Kier molecular flexibility index (Phi) is 8.24. The lowest BCUT2D eigenvalue weighted by Crippen LogP contribution is -2.15. The zero-order valence-electron chi connectivity index (χ0n) is 21.9. The summed E-state index contributed by atoms with van der Waals surface area (Å²) >= 11 is 13.1. The quantitative estimate of drug-likeness (QED) is 0.174. The molecule has 5 rings (SSSR count). The molecule has 3 N–H and O–H groups in total. The van der Waals surface area contributed by atoms with E-state index >= 15 is 0 Å². The second-order valence-corrected chi connectivity index (χ2v) is 9.61. The number of nitro groups is 1. The highest BCUT2D eigenvalue weighted by atomic mass is 35.5. The number of nitro benzene ring substituents is 1. The lowest BCUT2D eigenvalue weighted by Gasteiger charge is -2.17. The van der Waals surface area contributed by atoms with Gasteiger partial charge in [0.05, 0.1) is 55.4 Å². The summed E-state index contributed by atoms with van der Waals surface area (Å²) < 4.78 is 21.9. The summed E-state index contributed by atoms with van der Waals surface area (Å²) in [4.78, 5) is 24.8. The van der Waals surface area contributed by atoms with Gasteiger partial charge in [-0.15, -0.1) is 0 Å². The summed E-state index contributed by atoms with van der Waals surface area (Å²) in [6, 6.07) is 11.1. The molecule has 2 aromatic heterocycles. The maximum atomic E-state index is 12.0. The van der Waals surface area contributed by atoms with Gasteiger partial charge in [-0.25, -0.2) is 15.0 Å². The molecule has 41 heavy (non-hydrogen) atoms. The van der Waals surface area contributed by atoms with E-state index in [0.29, 0.717) is 59.6 Å². The average molecular weight is 599 g/mol. The minimum absolute atomic E-state index is 0.0522. The number of halogens is 2. The van der Waals surface area contributed by atoms with E-state index < -0.39 is 4.92 Å². The summed E-state index contributed by atoms with van der Waals surface area (Å²) in [5.74, 6) is 1.49. The van der Waals surface area contributed by atoms with Gasteiger partial charge in [-0.3, -0.25) is 10.1 Å². The molecule has 1 atom stereocenters. The van der Waals surface area contributed by atoms with Gasteiger partial charge in [-0.1, -0.05) is 23.2 Å². The number of hydrogen-bond acceptors (Lipinski definition) is 11. The van der Waals surface area contributed by atoms with Crippen molar-refractivity contribution in [3.05, 3.63) is 68.8 Å². The molecule has 1 aliphatic heterocycles. The van der Waals surface area contributed by atoms with E-state index in [9.17, 15) is 10.1 Å². The van der Waals surface area contributed by atoms with Crippen LogP contribution in [0.2, 0.25) is 10.0 Å². The van der Waals surface area contributed by atoms with Crippen molar-refractivity contribution in [2.24, 2.45) is 0 Å². The maximum Gasteiger partial charge on any atom is 0.284 e. The first-order valence-electron chi connectivity index (χ1n) is 12.3. The average Bonchev–Trinajstić information content (AvgIpc) is 3.48. The number of nitrogen functional groups attached to an aromatic ring is 1. The highest BCUT2D eigenvalue weighted by Gasteiger charge is 2.24. The van der Waals surface area contributed by atoms with E-state index in [4.69, 9.17) is 47.9 Å². The van der Waals surface area contributed by atoms with Gasteiger partial charge >= 0.3 is 0 Å². The monoisotopic (exact) mass is 598 g/mol. The molecule has 3 heterocycles. The fourth-order valence-corrected chi connectivity index (χ4v) is 4.87. The molecule has 14 heteroatoms.